The Labute approximate surface area is 138 Å². The van der Waals surface area contributed by atoms with E-state index in [2.05, 4.69) is 29.0 Å². The summed E-state index contributed by atoms with van der Waals surface area (Å²) in [5.41, 5.74) is 2.07. The van der Waals surface area contributed by atoms with Crippen molar-refractivity contribution in [2.75, 3.05) is 31.5 Å². The van der Waals surface area contributed by atoms with Crippen LogP contribution in [-0.4, -0.2) is 36.1 Å². The zero-order valence-electron chi connectivity index (χ0n) is 12.6. The number of aromatic nitrogens is 1. The monoisotopic (exact) mass is 327 g/mol. The molecule has 116 valence electrons. The first kappa shape index (κ1) is 18.0. The molecule has 0 saturated carbocycles. The first-order chi connectivity index (χ1) is 9.74. The highest BCUT2D eigenvalue weighted by Gasteiger charge is 2.03. The first-order valence-electron chi connectivity index (χ1n) is 7.25. The first-order valence-corrected chi connectivity index (χ1v) is 7.63. The Morgan fingerprint density at radius 2 is 1.95 bits per heavy atom. The molecule has 0 bridgehead atoms. The summed E-state index contributed by atoms with van der Waals surface area (Å²) in [5.74, 6) is 0. The van der Waals surface area contributed by atoms with Gasteiger partial charge in [-0.05, 0) is 50.3 Å². The average Bonchev–Trinajstić information content (AvgIpc) is 2.47. The Kier molecular flexibility index (Phi) is 7.79. The van der Waals surface area contributed by atoms with Gasteiger partial charge in [-0.1, -0.05) is 25.4 Å². The minimum atomic E-state index is 0. The van der Waals surface area contributed by atoms with Crippen LogP contribution in [0.2, 0.25) is 5.02 Å². The van der Waals surface area contributed by atoms with E-state index in [-0.39, 0.29) is 12.4 Å². The van der Waals surface area contributed by atoms with E-state index in [4.69, 9.17) is 11.6 Å². The van der Waals surface area contributed by atoms with Crippen molar-refractivity contribution in [2.24, 2.45) is 0 Å². The molecular weight excluding hydrogens is 305 g/mol. The summed E-state index contributed by atoms with van der Waals surface area (Å²) >= 11 is 6.00. The molecule has 1 heterocycles. The molecular formula is C16H23Cl2N3. The summed E-state index contributed by atoms with van der Waals surface area (Å²) in [5, 5.41) is 5.35. The number of anilines is 1. The van der Waals surface area contributed by atoms with Crippen LogP contribution in [0.15, 0.2) is 30.5 Å². The molecule has 0 fully saturated rings. The highest BCUT2D eigenvalue weighted by molar-refractivity contribution is 6.31. The van der Waals surface area contributed by atoms with E-state index in [0.717, 1.165) is 54.2 Å². The van der Waals surface area contributed by atoms with E-state index < -0.39 is 0 Å². The zero-order chi connectivity index (χ0) is 14.4. The summed E-state index contributed by atoms with van der Waals surface area (Å²) in [6.45, 7) is 8.75. The van der Waals surface area contributed by atoms with Crippen LogP contribution in [0, 0.1) is 0 Å². The standard InChI is InChI=1S/C16H22ClN3.ClH/c1-3-20(4-2)11-5-9-18-15-8-10-19-16-12-13(17)6-7-14(15)16;/h6-8,10,12H,3-5,9,11H2,1-2H3,(H,18,19);1H. The maximum absolute atomic E-state index is 6.00. The summed E-state index contributed by atoms with van der Waals surface area (Å²) in [6.07, 6.45) is 2.96. The van der Waals surface area contributed by atoms with Crippen LogP contribution in [0.25, 0.3) is 10.9 Å². The van der Waals surface area contributed by atoms with Crippen LogP contribution in [0.1, 0.15) is 20.3 Å². The summed E-state index contributed by atoms with van der Waals surface area (Å²) in [7, 11) is 0. The molecule has 0 aliphatic carbocycles. The molecule has 0 aliphatic heterocycles. The topological polar surface area (TPSA) is 28.2 Å². The second-order valence-electron chi connectivity index (χ2n) is 4.83. The van der Waals surface area contributed by atoms with Crippen LogP contribution in [0.5, 0.6) is 0 Å². The molecule has 2 aromatic rings. The van der Waals surface area contributed by atoms with Crippen molar-refractivity contribution in [3.05, 3.63) is 35.5 Å². The molecule has 3 nitrogen and oxygen atoms in total. The van der Waals surface area contributed by atoms with Crippen molar-refractivity contribution in [1.82, 2.24) is 9.88 Å². The van der Waals surface area contributed by atoms with E-state index in [1.807, 2.05) is 30.5 Å². The van der Waals surface area contributed by atoms with Crippen LogP contribution < -0.4 is 5.32 Å². The van der Waals surface area contributed by atoms with Gasteiger partial charge < -0.3 is 10.2 Å². The Balaban J connectivity index is 0.00000220. The molecule has 1 aromatic heterocycles. The number of rotatable bonds is 7. The fourth-order valence-corrected chi connectivity index (χ4v) is 2.51. The number of pyridine rings is 1. The molecule has 1 aromatic carbocycles. The van der Waals surface area contributed by atoms with Gasteiger partial charge in [0.1, 0.15) is 0 Å². The number of hydrogen-bond donors (Lipinski definition) is 1. The predicted molar refractivity (Wildman–Crippen MR) is 94.9 cm³/mol. The number of nitrogens with zero attached hydrogens (tertiary/aromatic N) is 2. The number of benzene rings is 1. The van der Waals surface area contributed by atoms with Crippen LogP contribution in [0.4, 0.5) is 5.69 Å². The molecule has 0 aliphatic rings. The largest absolute Gasteiger partial charge is 0.384 e. The maximum Gasteiger partial charge on any atom is 0.0737 e. The Morgan fingerprint density at radius 3 is 2.67 bits per heavy atom. The lowest BCUT2D eigenvalue weighted by Gasteiger charge is -2.18. The molecule has 1 N–H and O–H groups in total. The lowest BCUT2D eigenvalue weighted by atomic mass is 10.2. The zero-order valence-corrected chi connectivity index (χ0v) is 14.2. The van der Waals surface area contributed by atoms with E-state index >= 15 is 0 Å². The number of fused-ring (bicyclic) bond motifs is 1. The van der Waals surface area contributed by atoms with E-state index in [9.17, 15) is 0 Å². The van der Waals surface area contributed by atoms with Crippen molar-refractivity contribution in [1.29, 1.82) is 0 Å². The second-order valence-corrected chi connectivity index (χ2v) is 5.26. The summed E-state index contributed by atoms with van der Waals surface area (Å²) in [4.78, 5) is 6.79. The van der Waals surface area contributed by atoms with Gasteiger partial charge in [0.25, 0.3) is 0 Å². The lowest BCUT2D eigenvalue weighted by Crippen LogP contribution is -2.25. The van der Waals surface area contributed by atoms with Gasteiger partial charge in [0, 0.05) is 28.8 Å². The Morgan fingerprint density at radius 1 is 1.19 bits per heavy atom. The third-order valence-electron chi connectivity index (χ3n) is 3.57. The summed E-state index contributed by atoms with van der Waals surface area (Å²) in [6, 6.07) is 7.86. The van der Waals surface area contributed by atoms with E-state index in [1.165, 1.54) is 0 Å². The molecule has 5 heteroatoms. The maximum atomic E-state index is 6.00. The molecule has 0 radical (unpaired) electrons. The molecule has 2 rings (SSSR count). The van der Waals surface area contributed by atoms with Gasteiger partial charge in [0.05, 0.1) is 5.52 Å². The van der Waals surface area contributed by atoms with Gasteiger partial charge in [0.2, 0.25) is 0 Å². The number of nitrogens with one attached hydrogen (secondary N) is 1. The van der Waals surface area contributed by atoms with Crippen molar-refractivity contribution in [2.45, 2.75) is 20.3 Å². The quantitative estimate of drug-likeness (QED) is 0.761. The van der Waals surface area contributed by atoms with Crippen LogP contribution in [-0.2, 0) is 0 Å². The predicted octanol–water partition coefficient (Wildman–Crippen LogP) is 4.45. The molecule has 0 atom stereocenters. The highest BCUT2D eigenvalue weighted by atomic mass is 35.5. The van der Waals surface area contributed by atoms with Crippen molar-refractivity contribution < 1.29 is 0 Å². The molecule has 0 spiro atoms. The normalized spacial score (nSPS) is 10.7. The van der Waals surface area contributed by atoms with Gasteiger partial charge in [-0.25, -0.2) is 0 Å². The van der Waals surface area contributed by atoms with E-state index in [0.29, 0.717) is 0 Å². The minimum absolute atomic E-state index is 0. The van der Waals surface area contributed by atoms with Gasteiger partial charge >= 0.3 is 0 Å². The second kappa shape index (κ2) is 9.08. The van der Waals surface area contributed by atoms with E-state index in [1.54, 1.807) is 0 Å². The van der Waals surface area contributed by atoms with Crippen molar-refractivity contribution in [3.63, 3.8) is 0 Å². The minimum Gasteiger partial charge on any atom is -0.384 e. The van der Waals surface area contributed by atoms with Gasteiger partial charge in [-0.3, -0.25) is 4.98 Å². The van der Waals surface area contributed by atoms with Crippen LogP contribution in [0.3, 0.4) is 0 Å². The van der Waals surface area contributed by atoms with Gasteiger partial charge in [0.15, 0.2) is 0 Å². The Bertz CT molecular complexity index is 556. The van der Waals surface area contributed by atoms with Crippen molar-refractivity contribution in [3.8, 4) is 0 Å². The Hall–Kier alpha value is -1.03. The molecule has 21 heavy (non-hydrogen) atoms. The molecule has 0 saturated heterocycles. The highest BCUT2D eigenvalue weighted by Crippen LogP contribution is 2.24. The fourth-order valence-electron chi connectivity index (χ4n) is 2.34. The van der Waals surface area contributed by atoms with Gasteiger partial charge in [-0.15, -0.1) is 12.4 Å². The van der Waals surface area contributed by atoms with Gasteiger partial charge in [-0.2, -0.15) is 0 Å². The SMILES string of the molecule is CCN(CC)CCCNc1ccnc2cc(Cl)ccc12.Cl. The van der Waals surface area contributed by atoms with Crippen LogP contribution >= 0.6 is 24.0 Å². The van der Waals surface area contributed by atoms with Crippen molar-refractivity contribution >= 4 is 40.6 Å². The average molecular weight is 328 g/mol. The third-order valence-corrected chi connectivity index (χ3v) is 3.80. The molecule has 0 amide bonds. The molecule has 0 unspecified atom stereocenters. The third kappa shape index (κ3) is 5.03. The lowest BCUT2D eigenvalue weighted by molar-refractivity contribution is 0.303. The number of hydrogen-bond acceptors (Lipinski definition) is 3. The number of halogens is 2. The summed E-state index contributed by atoms with van der Waals surface area (Å²) < 4.78 is 0. The smallest absolute Gasteiger partial charge is 0.0737 e. The fraction of sp³-hybridized carbons (Fsp3) is 0.438.